The molecule has 0 saturated carbocycles. The van der Waals surface area contributed by atoms with Crippen LogP contribution in [0.2, 0.25) is 0 Å². The lowest BCUT2D eigenvalue weighted by atomic mass is 10.3. The maximum absolute atomic E-state index is 5.68. The average molecular weight is 200 g/mol. The third-order valence-electron chi connectivity index (χ3n) is 2.16. The molecule has 0 aliphatic rings. The van der Waals surface area contributed by atoms with Crippen molar-refractivity contribution in [2.24, 2.45) is 0 Å². The minimum absolute atomic E-state index is 0.503. The molecule has 0 fully saturated rings. The van der Waals surface area contributed by atoms with Crippen molar-refractivity contribution < 1.29 is 0 Å². The monoisotopic (exact) mass is 200 g/mol. The molecule has 0 aliphatic carbocycles. The van der Waals surface area contributed by atoms with Gasteiger partial charge in [-0.25, -0.2) is 9.97 Å². The zero-order chi connectivity index (χ0) is 10.7. The van der Waals surface area contributed by atoms with E-state index in [4.69, 9.17) is 5.73 Å². The molecule has 0 radical (unpaired) electrons. The third-order valence-corrected chi connectivity index (χ3v) is 2.16. The van der Waals surface area contributed by atoms with Crippen molar-refractivity contribution in [1.29, 1.82) is 0 Å². The van der Waals surface area contributed by atoms with Crippen LogP contribution in [0.4, 0.5) is 17.3 Å². The summed E-state index contributed by atoms with van der Waals surface area (Å²) in [5.41, 5.74) is 7.53. The van der Waals surface area contributed by atoms with Gasteiger partial charge in [0.15, 0.2) is 0 Å². The number of rotatable bonds is 2. The molecule has 1 aromatic heterocycles. The summed E-state index contributed by atoms with van der Waals surface area (Å²) >= 11 is 0. The first kappa shape index (κ1) is 9.45. The second-order valence-electron chi connectivity index (χ2n) is 3.22. The van der Waals surface area contributed by atoms with E-state index < -0.39 is 0 Å². The minimum Gasteiger partial charge on any atom is -0.383 e. The predicted octanol–water partition coefficient (Wildman–Crippen LogP) is 2.11. The van der Waals surface area contributed by atoms with Crippen molar-refractivity contribution in [3.63, 3.8) is 0 Å². The molecule has 4 nitrogen and oxygen atoms in total. The van der Waals surface area contributed by atoms with Crippen LogP contribution in [0.3, 0.4) is 0 Å². The van der Waals surface area contributed by atoms with E-state index in [2.05, 4.69) is 15.3 Å². The molecule has 0 saturated heterocycles. The van der Waals surface area contributed by atoms with Crippen LogP contribution >= 0.6 is 0 Å². The van der Waals surface area contributed by atoms with Crippen molar-refractivity contribution in [3.8, 4) is 0 Å². The first-order chi connectivity index (χ1) is 7.27. The molecule has 0 aliphatic heterocycles. The molecule has 76 valence electrons. The Labute approximate surface area is 88.2 Å². The van der Waals surface area contributed by atoms with Crippen LogP contribution in [-0.2, 0) is 0 Å². The summed E-state index contributed by atoms with van der Waals surface area (Å²) in [4.78, 5) is 8.04. The van der Waals surface area contributed by atoms with Crippen molar-refractivity contribution in [2.75, 3.05) is 11.1 Å². The Morgan fingerprint density at radius 1 is 1.13 bits per heavy atom. The standard InChI is InChI=1S/C11H12N4/c1-8-10(12)13-7-14-11(8)15-9-5-3-2-4-6-9/h2-7H,1H3,(H3,12,13,14,15). The van der Waals surface area contributed by atoms with E-state index >= 15 is 0 Å². The molecule has 2 rings (SSSR count). The molecule has 1 heterocycles. The van der Waals surface area contributed by atoms with E-state index in [1.54, 1.807) is 0 Å². The number of nitrogens with one attached hydrogen (secondary N) is 1. The molecule has 2 aromatic rings. The SMILES string of the molecule is Cc1c(N)ncnc1Nc1ccccc1. The maximum Gasteiger partial charge on any atom is 0.138 e. The molecular weight excluding hydrogens is 188 g/mol. The third kappa shape index (κ3) is 2.04. The Morgan fingerprint density at radius 3 is 2.60 bits per heavy atom. The number of hydrogen-bond donors (Lipinski definition) is 2. The van der Waals surface area contributed by atoms with Gasteiger partial charge >= 0.3 is 0 Å². The summed E-state index contributed by atoms with van der Waals surface area (Å²) in [5, 5.41) is 3.18. The summed E-state index contributed by atoms with van der Waals surface area (Å²) in [6.45, 7) is 1.89. The first-order valence-corrected chi connectivity index (χ1v) is 4.66. The average Bonchev–Trinajstić information content (AvgIpc) is 2.26. The van der Waals surface area contributed by atoms with Gasteiger partial charge in [-0.1, -0.05) is 18.2 Å². The van der Waals surface area contributed by atoms with Crippen molar-refractivity contribution in [3.05, 3.63) is 42.2 Å². The van der Waals surface area contributed by atoms with Crippen LogP contribution < -0.4 is 11.1 Å². The molecule has 0 unspecified atom stereocenters. The predicted molar refractivity (Wildman–Crippen MR) is 60.9 cm³/mol. The van der Waals surface area contributed by atoms with Gasteiger partial charge in [0.1, 0.15) is 18.0 Å². The Kier molecular flexibility index (Phi) is 2.49. The lowest BCUT2D eigenvalue weighted by Crippen LogP contribution is -2.01. The molecule has 0 bridgehead atoms. The van der Waals surface area contributed by atoms with Gasteiger partial charge in [0.05, 0.1) is 0 Å². The van der Waals surface area contributed by atoms with Gasteiger partial charge in [0.25, 0.3) is 0 Å². The van der Waals surface area contributed by atoms with Crippen LogP contribution in [0.25, 0.3) is 0 Å². The van der Waals surface area contributed by atoms with Crippen LogP contribution in [0.15, 0.2) is 36.7 Å². The highest BCUT2D eigenvalue weighted by atomic mass is 15.0. The first-order valence-electron chi connectivity index (χ1n) is 4.66. The fourth-order valence-electron chi connectivity index (χ4n) is 1.25. The lowest BCUT2D eigenvalue weighted by molar-refractivity contribution is 1.14. The summed E-state index contributed by atoms with van der Waals surface area (Å²) in [6.07, 6.45) is 1.45. The molecule has 15 heavy (non-hydrogen) atoms. The van der Waals surface area contributed by atoms with Crippen LogP contribution in [0.1, 0.15) is 5.56 Å². The summed E-state index contributed by atoms with van der Waals surface area (Å²) in [5.74, 6) is 1.25. The van der Waals surface area contributed by atoms with E-state index in [-0.39, 0.29) is 0 Å². The number of anilines is 3. The van der Waals surface area contributed by atoms with E-state index in [9.17, 15) is 0 Å². The fourth-order valence-corrected chi connectivity index (χ4v) is 1.25. The molecule has 0 spiro atoms. The summed E-state index contributed by atoms with van der Waals surface area (Å²) in [6, 6.07) is 9.83. The van der Waals surface area contributed by atoms with Gasteiger partial charge in [-0.2, -0.15) is 0 Å². The highest BCUT2D eigenvalue weighted by Gasteiger charge is 2.03. The molecule has 0 amide bonds. The van der Waals surface area contributed by atoms with Gasteiger partial charge in [-0.15, -0.1) is 0 Å². The van der Waals surface area contributed by atoms with Gasteiger partial charge in [-0.3, -0.25) is 0 Å². The van der Waals surface area contributed by atoms with Crippen molar-refractivity contribution in [1.82, 2.24) is 9.97 Å². The Hall–Kier alpha value is -2.10. The molecule has 1 aromatic carbocycles. The molecule has 3 N–H and O–H groups in total. The van der Waals surface area contributed by atoms with Crippen LogP contribution in [-0.4, -0.2) is 9.97 Å². The zero-order valence-corrected chi connectivity index (χ0v) is 8.44. The Balaban J connectivity index is 2.29. The van der Waals surface area contributed by atoms with E-state index in [0.29, 0.717) is 5.82 Å². The number of benzene rings is 1. The van der Waals surface area contributed by atoms with Crippen LogP contribution in [0, 0.1) is 6.92 Å². The highest BCUT2D eigenvalue weighted by Crippen LogP contribution is 2.19. The Morgan fingerprint density at radius 2 is 1.87 bits per heavy atom. The number of nitrogens with two attached hydrogens (primary N) is 1. The number of hydrogen-bond acceptors (Lipinski definition) is 4. The topological polar surface area (TPSA) is 63.8 Å². The normalized spacial score (nSPS) is 9.93. The molecule has 0 atom stereocenters. The number of para-hydroxylation sites is 1. The van der Waals surface area contributed by atoms with E-state index in [0.717, 1.165) is 17.1 Å². The maximum atomic E-state index is 5.68. The second-order valence-corrected chi connectivity index (χ2v) is 3.22. The second kappa shape index (κ2) is 3.96. The van der Waals surface area contributed by atoms with Gasteiger partial charge in [-0.05, 0) is 19.1 Å². The van der Waals surface area contributed by atoms with E-state index in [1.165, 1.54) is 6.33 Å². The minimum atomic E-state index is 0.503. The fraction of sp³-hybridized carbons (Fsp3) is 0.0909. The van der Waals surface area contributed by atoms with Crippen LogP contribution in [0.5, 0.6) is 0 Å². The zero-order valence-electron chi connectivity index (χ0n) is 8.44. The number of nitrogens with zero attached hydrogens (tertiary/aromatic N) is 2. The quantitative estimate of drug-likeness (QED) is 0.779. The van der Waals surface area contributed by atoms with Gasteiger partial charge in [0, 0.05) is 11.3 Å². The molecule has 4 heteroatoms. The number of nitrogen functional groups attached to an aromatic ring is 1. The highest BCUT2D eigenvalue weighted by molar-refractivity contribution is 5.62. The van der Waals surface area contributed by atoms with Gasteiger partial charge < -0.3 is 11.1 Å². The molecular formula is C11H12N4. The summed E-state index contributed by atoms with van der Waals surface area (Å²) < 4.78 is 0. The lowest BCUT2D eigenvalue weighted by Gasteiger charge is -2.08. The number of aromatic nitrogens is 2. The van der Waals surface area contributed by atoms with Gasteiger partial charge in [0.2, 0.25) is 0 Å². The summed E-state index contributed by atoms with van der Waals surface area (Å²) in [7, 11) is 0. The Bertz CT molecular complexity index is 453. The van der Waals surface area contributed by atoms with Crippen molar-refractivity contribution in [2.45, 2.75) is 6.92 Å². The van der Waals surface area contributed by atoms with Crippen molar-refractivity contribution >= 4 is 17.3 Å². The largest absolute Gasteiger partial charge is 0.383 e. The van der Waals surface area contributed by atoms with E-state index in [1.807, 2.05) is 37.3 Å². The smallest absolute Gasteiger partial charge is 0.138 e.